The first kappa shape index (κ1) is 27.8. The number of aromatic nitrogens is 5. The number of nitrogens with two attached hydrogens (primary N) is 1. The van der Waals surface area contributed by atoms with E-state index in [1.807, 2.05) is 24.3 Å². The molecule has 42 heavy (non-hydrogen) atoms. The molecule has 5 rings (SSSR count). The number of aryl methyl sites for hydroxylation is 2. The topological polar surface area (TPSA) is 154 Å². The van der Waals surface area contributed by atoms with Crippen LogP contribution in [-0.4, -0.2) is 42.2 Å². The minimum Gasteiger partial charge on any atom is -0.381 e. The highest BCUT2D eigenvalue weighted by Gasteiger charge is 2.25. The summed E-state index contributed by atoms with van der Waals surface area (Å²) in [4.78, 5) is 44.9. The van der Waals surface area contributed by atoms with Gasteiger partial charge in [0.05, 0.1) is 28.9 Å². The molecule has 0 aliphatic heterocycles. The van der Waals surface area contributed by atoms with Gasteiger partial charge in [-0.25, -0.2) is 9.67 Å². The molecule has 0 saturated heterocycles. The van der Waals surface area contributed by atoms with Crippen molar-refractivity contribution in [3.8, 4) is 5.69 Å². The number of carbonyl (C=O) groups excluding carboxylic acids is 2. The van der Waals surface area contributed by atoms with E-state index >= 15 is 0 Å². The van der Waals surface area contributed by atoms with Crippen LogP contribution in [0.5, 0.6) is 0 Å². The molecule has 0 radical (unpaired) electrons. The van der Waals surface area contributed by atoms with Crippen molar-refractivity contribution in [1.29, 1.82) is 0 Å². The number of aliphatic imine (C=N–C) groups is 1. The number of pyridine rings is 1. The van der Waals surface area contributed by atoms with E-state index in [1.165, 1.54) is 32.4 Å². The highest BCUT2D eigenvalue weighted by Crippen LogP contribution is 2.28. The molecule has 2 amide bonds. The Bertz CT molecular complexity index is 1920. The quantitative estimate of drug-likeness (QED) is 0.245. The van der Waals surface area contributed by atoms with Gasteiger partial charge in [-0.15, -0.1) is 0 Å². The van der Waals surface area contributed by atoms with Crippen molar-refractivity contribution in [3.05, 3.63) is 107 Å². The van der Waals surface area contributed by atoms with E-state index in [0.29, 0.717) is 33.4 Å². The second-order valence-electron chi connectivity index (χ2n) is 9.59. The van der Waals surface area contributed by atoms with Crippen LogP contribution in [0.3, 0.4) is 0 Å². The van der Waals surface area contributed by atoms with Crippen LogP contribution < -0.4 is 21.9 Å². The summed E-state index contributed by atoms with van der Waals surface area (Å²) in [6, 6.07) is 15.4. The van der Waals surface area contributed by atoms with E-state index < -0.39 is 17.9 Å². The summed E-state index contributed by atoms with van der Waals surface area (Å²) in [5.74, 6) is -0.611. The van der Waals surface area contributed by atoms with E-state index in [-0.39, 0.29) is 22.8 Å². The number of hydrogen-bond donors (Lipinski definition) is 3. The van der Waals surface area contributed by atoms with Crippen molar-refractivity contribution in [2.24, 2.45) is 19.1 Å². The highest BCUT2D eigenvalue weighted by atomic mass is 16.2. The van der Waals surface area contributed by atoms with Gasteiger partial charge >= 0.3 is 0 Å². The number of para-hydroxylation sites is 1. The Labute approximate surface area is 240 Å². The van der Waals surface area contributed by atoms with Gasteiger partial charge in [-0.05, 0) is 36.6 Å². The number of allylic oxidation sites excluding steroid dienone is 1. The number of rotatable bonds is 8. The lowest BCUT2D eigenvalue weighted by molar-refractivity contribution is 0.0939. The van der Waals surface area contributed by atoms with Crippen molar-refractivity contribution in [2.75, 3.05) is 11.1 Å². The van der Waals surface area contributed by atoms with Crippen LogP contribution in [-0.2, 0) is 14.1 Å². The minimum atomic E-state index is -0.653. The molecule has 0 saturated carbocycles. The van der Waals surface area contributed by atoms with Crippen molar-refractivity contribution in [2.45, 2.75) is 13.0 Å². The molecule has 0 fully saturated rings. The predicted molar refractivity (Wildman–Crippen MR) is 163 cm³/mol. The van der Waals surface area contributed by atoms with Crippen LogP contribution in [0.4, 0.5) is 17.3 Å². The lowest BCUT2D eigenvalue weighted by Crippen LogP contribution is -2.32. The van der Waals surface area contributed by atoms with Crippen molar-refractivity contribution >= 4 is 46.1 Å². The van der Waals surface area contributed by atoms with Crippen LogP contribution in [0.1, 0.15) is 39.4 Å². The fourth-order valence-corrected chi connectivity index (χ4v) is 4.75. The minimum absolute atomic E-state index is 0.0198. The third-order valence-electron chi connectivity index (χ3n) is 6.67. The molecule has 1 unspecified atom stereocenters. The molecule has 0 aliphatic carbocycles. The molecule has 0 aliphatic rings. The van der Waals surface area contributed by atoms with Gasteiger partial charge in [-0.1, -0.05) is 43.0 Å². The maximum atomic E-state index is 14.2. The van der Waals surface area contributed by atoms with Gasteiger partial charge in [0.1, 0.15) is 5.56 Å². The van der Waals surface area contributed by atoms with E-state index in [1.54, 1.807) is 57.5 Å². The molecule has 3 aromatic heterocycles. The van der Waals surface area contributed by atoms with Gasteiger partial charge < -0.3 is 16.4 Å². The van der Waals surface area contributed by atoms with Gasteiger partial charge in [0.15, 0.2) is 11.6 Å². The number of benzene rings is 2. The van der Waals surface area contributed by atoms with Gasteiger partial charge in [0, 0.05) is 37.9 Å². The summed E-state index contributed by atoms with van der Waals surface area (Å²) in [5.41, 5.74) is 7.62. The van der Waals surface area contributed by atoms with Gasteiger partial charge in [-0.3, -0.25) is 23.6 Å². The zero-order chi connectivity index (χ0) is 30.0. The molecule has 12 heteroatoms. The molecular formula is C30H29N9O3. The average Bonchev–Trinajstić information content (AvgIpc) is 3.53. The number of nitrogens with zero attached hydrogens (tertiary/aromatic N) is 6. The zero-order valence-corrected chi connectivity index (χ0v) is 23.3. The molecule has 212 valence electrons. The average molecular weight is 564 g/mol. The summed E-state index contributed by atoms with van der Waals surface area (Å²) in [5, 5.41) is 14.9. The summed E-state index contributed by atoms with van der Waals surface area (Å²) in [6.07, 6.45) is 5.97. The van der Waals surface area contributed by atoms with E-state index in [9.17, 15) is 14.4 Å². The van der Waals surface area contributed by atoms with Gasteiger partial charge in [-0.2, -0.15) is 10.2 Å². The van der Waals surface area contributed by atoms with Crippen LogP contribution in [0.25, 0.3) is 16.5 Å². The predicted octanol–water partition coefficient (Wildman–Crippen LogP) is 3.67. The number of amides is 2. The summed E-state index contributed by atoms with van der Waals surface area (Å²) < 4.78 is 4.46. The summed E-state index contributed by atoms with van der Waals surface area (Å²) >= 11 is 0. The Morgan fingerprint density at radius 2 is 1.86 bits per heavy atom. The van der Waals surface area contributed by atoms with Crippen LogP contribution >= 0.6 is 0 Å². The standard InChI is InChI=1S/C30H29N9O3/c1-5-14-32-27-25(26(31)36-38(27)4)29(41)34-18(2)23-15-19-10-9-13-22(35-28(40)20-16-33-37(3)17-20)24(19)30(42)39(23)21-11-7-6-8-12-21/h5-18H,1H2,2-4H3,(H2,31,36)(H,34,41)(H,35,40)/b32-14-. The third kappa shape index (κ3) is 5.20. The maximum Gasteiger partial charge on any atom is 0.265 e. The first-order valence-corrected chi connectivity index (χ1v) is 13.0. The Kier molecular flexibility index (Phi) is 7.52. The van der Waals surface area contributed by atoms with Crippen molar-refractivity contribution in [3.63, 3.8) is 0 Å². The van der Waals surface area contributed by atoms with Gasteiger partial charge in [0.2, 0.25) is 0 Å². The lowest BCUT2D eigenvalue weighted by atomic mass is 10.1. The fourth-order valence-electron chi connectivity index (χ4n) is 4.75. The number of nitrogens with one attached hydrogen (secondary N) is 2. The molecule has 5 aromatic rings. The first-order chi connectivity index (χ1) is 20.2. The normalized spacial score (nSPS) is 12.0. The lowest BCUT2D eigenvalue weighted by Gasteiger charge is -2.21. The Morgan fingerprint density at radius 3 is 2.55 bits per heavy atom. The fraction of sp³-hybridized carbons (Fsp3) is 0.133. The third-order valence-corrected chi connectivity index (χ3v) is 6.67. The molecular weight excluding hydrogens is 534 g/mol. The molecule has 1 atom stereocenters. The second kappa shape index (κ2) is 11.4. The maximum absolute atomic E-state index is 14.2. The number of hydrogen-bond acceptors (Lipinski definition) is 7. The van der Waals surface area contributed by atoms with E-state index in [2.05, 4.69) is 32.4 Å². The highest BCUT2D eigenvalue weighted by molar-refractivity contribution is 6.09. The second-order valence-corrected chi connectivity index (χ2v) is 9.59. The first-order valence-electron chi connectivity index (χ1n) is 13.0. The Morgan fingerprint density at radius 1 is 1.10 bits per heavy atom. The van der Waals surface area contributed by atoms with Gasteiger partial charge in [0.25, 0.3) is 17.4 Å². The van der Waals surface area contributed by atoms with Crippen LogP contribution in [0.15, 0.2) is 89.4 Å². The molecule has 2 aromatic carbocycles. The molecule has 0 spiro atoms. The monoisotopic (exact) mass is 563 g/mol. The van der Waals surface area contributed by atoms with Crippen LogP contribution in [0.2, 0.25) is 0 Å². The zero-order valence-electron chi connectivity index (χ0n) is 23.3. The largest absolute Gasteiger partial charge is 0.381 e. The number of anilines is 2. The number of carbonyl (C=O) groups is 2. The van der Waals surface area contributed by atoms with Crippen LogP contribution in [0, 0.1) is 0 Å². The Balaban J connectivity index is 1.60. The molecule has 12 nitrogen and oxygen atoms in total. The van der Waals surface area contributed by atoms with E-state index in [0.717, 1.165) is 0 Å². The summed E-state index contributed by atoms with van der Waals surface area (Å²) in [7, 11) is 3.35. The van der Waals surface area contributed by atoms with Crippen molar-refractivity contribution in [1.82, 2.24) is 29.4 Å². The molecule has 4 N–H and O–H groups in total. The van der Waals surface area contributed by atoms with E-state index in [4.69, 9.17) is 5.73 Å². The molecule has 0 bridgehead atoms. The summed E-state index contributed by atoms with van der Waals surface area (Å²) in [6.45, 7) is 5.38. The Hall–Kier alpha value is -5.78. The molecule has 3 heterocycles. The number of fused-ring (bicyclic) bond motifs is 1. The van der Waals surface area contributed by atoms with Crippen molar-refractivity contribution < 1.29 is 9.59 Å². The SMILES string of the molecule is C=C/C=N\c1c(C(=O)NC(C)c2cc3cccc(NC(=O)c4cnn(C)c4)c3c(=O)n2-c2ccccc2)c(N)nn1C. The number of nitrogen functional groups attached to an aromatic ring is 1. The smallest absolute Gasteiger partial charge is 0.265 e.